The smallest absolute Gasteiger partial charge is 0.192 e. The minimum absolute atomic E-state index is 0.723. The molecule has 1 aromatic carbocycles. The lowest BCUT2D eigenvalue weighted by Gasteiger charge is -2.04. The van der Waals surface area contributed by atoms with Crippen molar-refractivity contribution < 1.29 is 0 Å². The Kier molecular flexibility index (Phi) is 3.80. The maximum atomic E-state index is 4.41. The van der Waals surface area contributed by atoms with Gasteiger partial charge in [-0.15, -0.1) is 0 Å². The molecule has 1 N–H and O–H groups in total. The fraction of sp³-hybridized carbons (Fsp3) is 0.333. The van der Waals surface area contributed by atoms with Crippen LogP contribution in [0.3, 0.4) is 0 Å². The summed E-state index contributed by atoms with van der Waals surface area (Å²) in [5.41, 5.74) is 2.41. The summed E-state index contributed by atoms with van der Waals surface area (Å²) in [7, 11) is 0. The zero-order chi connectivity index (χ0) is 13.1. The molecule has 0 radical (unpaired) electrons. The van der Waals surface area contributed by atoms with Gasteiger partial charge in [-0.1, -0.05) is 17.7 Å². The van der Waals surface area contributed by atoms with Crippen LogP contribution in [0.5, 0.6) is 0 Å². The highest BCUT2D eigenvalue weighted by molar-refractivity contribution is 7.99. The molecule has 1 aliphatic carbocycles. The third-order valence-corrected chi connectivity index (χ3v) is 3.94. The average Bonchev–Trinajstić information content (AvgIpc) is 3.22. The predicted octanol–water partition coefficient (Wildman–Crippen LogP) is 3.19. The molecule has 1 fully saturated rings. The first-order chi connectivity index (χ1) is 9.29. The van der Waals surface area contributed by atoms with Crippen molar-refractivity contribution in [3.8, 4) is 0 Å². The first kappa shape index (κ1) is 12.6. The number of aryl methyl sites for hydroxylation is 1. The van der Waals surface area contributed by atoms with Crippen LogP contribution < -0.4 is 5.32 Å². The first-order valence-electron chi connectivity index (χ1n) is 6.58. The molecule has 0 amide bonds. The van der Waals surface area contributed by atoms with E-state index >= 15 is 0 Å². The van der Waals surface area contributed by atoms with Gasteiger partial charge >= 0.3 is 0 Å². The van der Waals surface area contributed by atoms with Gasteiger partial charge in [0.1, 0.15) is 0 Å². The Bertz CT molecular complexity index is 550. The second-order valence-electron chi connectivity index (χ2n) is 4.95. The van der Waals surface area contributed by atoms with Crippen LogP contribution in [0.2, 0.25) is 0 Å². The molecule has 3 nitrogen and oxygen atoms in total. The number of nitrogens with zero attached hydrogens (tertiary/aromatic N) is 2. The van der Waals surface area contributed by atoms with Gasteiger partial charge in [0.05, 0.1) is 0 Å². The lowest BCUT2D eigenvalue weighted by molar-refractivity contribution is 0.680. The van der Waals surface area contributed by atoms with E-state index in [0.717, 1.165) is 23.3 Å². The Morgan fingerprint density at radius 1 is 1.26 bits per heavy atom. The van der Waals surface area contributed by atoms with Gasteiger partial charge in [-0.25, -0.2) is 9.97 Å². The molecule has 0 saturated heterocycles. The van der Waals surface area contributed by atoms with Crippen LogP contribution in [0.15, 0.2) is 46.7 Å². The van der Waals surface area contributed by atoms with Gasteiger partial charge in [-0.3, -0.25) is 0 Å². The molecular formula is C15H17N3S. The van der Waals surface area contributed by atoms with Crippen molar-refractivity contribution in [2.24, 2.45) is 0 Å². The van der Waals surface area contributed by atoms with Gasteiger partial charge in [-0.2, -0.15) is 0 Å². The zero-order valence-corrected chi connectivity index (χ0v) is 11.8. The van der Waals surface area contributed by atoms with Crippen molar-refractivity contribution in [1.29, 1.82) is 0 Å². The largest absolute Gasteiger partial charge is 0.310 e. The first-order valence-corrected chi connectivity index (χ1v) is 7.40. The molecule has 4 heteroatoms. The van der Waals surface area contributed by atoms with Crippen LogP contribution in [0.25, 0.3) is 0 Å². The number of hydrogen-bond donors (Lipinski definition) is 1. The van der Waals surface area contributed by atoms with Crippen molar-refractivity contribution in [2.45, 2.75) is 42.4 Å². The Morgan fingerprint density at radius 3 is 2.74 bits per heavy atom. The monoisotopic (exact) mass is 271 g/mol. The maximum Gasteiger partial charge on any atom is 0.192 e. The van der Waals surface area contributed by atoms with E-state index in [0.29, 0.717) is 0 Å². The normalized spacial score (nSPS) is 14.6. The lowest BCUT2D eigenvalue weighted by atomic mass is 10.2. The molecule has 1 aromatic heterocycles. The molecule has 0 aliphatic heterocycles. The van der Waals surface area contributed by atoms with Crippen molar-refractivity contribution in [1.82, 2.24) is 15.3 Å². The minimum Gasteiger partial charge on any atom is -0.310 e. The maximum absolute atomic E-state index is 4.41. The molecule has 0 atom stereocenters. The van der Waals surface area contributed by atoms with E-state index < -0.39 is 0 Å². The van der Waals surface area contributed by atoms with Gasteiger partial charge in [0.25, 0.3) is 0 Å². The van der Waals surface area contributed by atoms with Crippen LogP contribution in [-0.4, -0.2) is 16.0 Å². The van der Waals surface area contributed by atoms with Crippen molar-refractivity contribution >= 4 is 11.8 Å². The SMILES string of the molecule is Cc1cccc(Sc2ncc(CNC3CC3)cn2)c1. The van der Waals surface area contributed by atoms with Crippen LogP contribution in [0, 0.1) is 6.92 Å². The third-order valence-electron chi connectivity index (χ3n) is 3.05. The molecule has 1 heterocycles. The highest BCUT2D eigenvalue weighted by atomic mass is 32.2. The fourth-order valence-corrected chi connectivity index (χ4v) is 2.63. The Labute approximate surface area is 117 Å². The standard InChI is InChI=1S/C15H17N3S/c1-11-3-2-4-14(7-11)19-15-17-9-12(10-18-15)8-16-13-5-6-13/h2-4,7,9-10,13,16H,5-6,8H2,1H3. The second kappa shape index (κ2) is 5.72. The van der Waals surface area contributed by atoms with Crippen LogP contribution in [0.1, 0.15) is 24.0 Å². The van der Waals surface area contributed by atoms with E-state index in [1.807, 2.05) is 12.4 Å². The van der Waals surface area contributed by atoms with E-state index in [2.05, 4.69) is 46.5 Å². The summed E-state index contributed by atoms with van der Waals surface area (Å²) in [5.74, 6) is 0. The van der Waals surface area contributed by atoms with Gasteiger partial charge in [0, 0.05) is 35.4 Å². The summed E-state index contributed by atoms with van der Waals surface area (Å²) < 4.78 is 0. The topological polar surface area (TPSA) is 37.8 Å². The number of hydrogen-bond acceptors (Lipinski definition) is 4. The Morgan fingerprint density at radius 2 is 2.05 bits per heavy atom. The second-order valence-corrected chi connectivity index (χ2v) is 5.99. The fourth-order valence-electron chi connectivity index (χ4n) is 1.82. The molecular weight excluding hydrogens is 254 g/mol. The minimum atomic E-state index is 0.723. The summed E-state index contributed by atoms with van der Waals surface area (Å²) in [6.45, 7) is 2.97. The summed E-state index contributed by atoms with van der Waals surface area (Å²) in [5, 5.41) is 4.27. The van der Waals surface area contributed by atoms with Gasteiger partial charge < -0.3 is 5.32 Å². The van der Waals surface area contributed by atoms with Crippen molar-refractivity contribution in [3.63, 3.8) is 0 Å². The Hall–Kier alpha value is -1.39. The number of aromatic nitrogens is 2. The summed E-state index contributed by atoms with van der Waals surface area (Å²) in [6.07, 6.45) is 6.45. The number of rotatable bonds is 5. The van der Waals surface area contributed by atoms with E-state index in [1.165, 1.54) is 23.3 Å². The quantitative estimate of drug-likeness (QED) is 0.848. The molecule has 1 aliphatic rings. The number of nitrogens with one attached hydrogen (secondary N) is 1. The molecule has 0 bridgehead atoms. The van der Waals surface area contributed by atoms with Gasteiger partial charge in [0.2, 0.25) is 0 Å². The van der Waals surface area contributed by atoms with Crippen LogP contribution in [-0.2, 0) is 6.54 Å². The average molecular weight is 271 g/mol. The highest BCUT2D eigenvalue weighted by Gasteiger charge is 2.19. The molecule has 0 unspecified atom stereocenters. The summed E-state index contributed by atoms with van der Waals surface area (Å²) >= 11 is 1.60. The lowest BCUT2D eigenvalue weighted by Crippen LogP contribution is -2.15. The molecule has 3 rings (SSSR count). The van der Waals surface area contributed by atoms with E-state index in [4.69, 9.17) is 0 Å². The molecule has 1 saturated carbocycles. The van der Waals surface area contributed by atoms with E-state index in [-0.39, 0.29) is 0 Å². The highest BCUT2D eigenvalue weighted by Crippen LogP contribution is 2.25. The van der Waals surface area contributed by atoms with Crippen LogP contribution >= 0.6 is 11.8 Å². The van der Waals surface area contributed by atoms with Crippen molar-refractivity contribution in [2.75, 3.05) is 0 Å². The third kappa shape index (κ3) is 3.78. The van der Waals surface area contributed by atoms with E-state index in [9.17, 15) is 0 Å². The molecule has 98 valence electrons. The zero-order valence-electron chi connectivity index (χ0n) is 11.0. The van der Waals surface area contributed by atoms with Gasteiger partial charge in [-0.05, 0) is 43.7 Å². The molecule has 19 heavy (non-hydrogen) atoms. The van der Waals surface area contributed by atoms with E-state index in [1.54, 1.807) is 11.8 Å². The van der Waals surface area contributed by atoms with Crippen molar-refractivity contribution in [3.05, 3.63) is 47.8 Å². The van der Waals surface area contributed by atoms with Crippen LogP contribution in [0.4, 0.5) is 0 Å². The van der Waals surface area contributed by atoms with Gasteiger partial charge in [0.15, 0.2) is 5.16 Å². The Balaban J connectivity index is 1.61. The predicted molar refractivity (Wildman–Crippen MR) is 77.2 cm³/mol. The molecule has 2 aromatic rings. The summed E-state index contributed by atoms with van der Waals surface area (Å²) in [4.78, 5) is 10.0. The number of benzene rings is 1. The summed E-state index contributed by atoms with van der Waals surface area (Å²) in [6, 6.07) is 9.12. The molecule has 0 spiro atoms.